The van der Waals surface area contributed by atoms with Gasteiger partial charge in [0.1, 0.15) is 17.3 Å². The summed E-state index contributed by atoms with van der Waals surface area (Å²) in [5.74, 6) is -0.0888. The smallest absolute Gasteiger partial charge is 0.241 e. The summed E-state index contributed by atoms with van der Waals surface area (Å²) in [5.41, 5.74) is 2.23. The fourth-order valence-corrected chi connectivity index (χ4v) is 4.54. The number of amides is 1. The van der Waals surface area contributed by atoms with Crippen molar-refractivity contribution >= 4 is 27.3 Å². The van der Waals surface area contributed by atoms with Gasteiger partial charge in [0.05, 0.1) is 14.2 Å². The van der Waals surface area contributed by atoms with Gasteiger partial charge in [-0.05, 0) is 55.7 Å². The standard InChI is InChI=1S/C22H29N3O5S/c1-29-20-11-6-17(21(14-20)30-2)15-23-22(26)16-31(27,28)24-18-7-9-19(10-8-18)25-12-4-3-5-13-25/h6-11,14,24H,3-5,12-13,15-16H2,1-2H3,(H,23,26). The van der Waals surface area contributed by atoms with Crippen LogP contribution in [0.25, 0.3) is 0 Å². The maximum atomic E-state index is 12.4. The van der Waals surface area contributed by atoms with Crippen LogP contribution in [0.2, 0.25) is 0 Å². The van der Waals surface area contributed by atoms with Crippen molar-refractivity contribution in [2.45, 2.75) is 25.8 Å². The molecule has 0 spiro atoms. The third-order valence-corrected chi connectivity index (χ3v) is 6.34. The van der Waals surface area contributed by atoms with Gasteiger partial charge in [0.15, 0.2) is 0 Å². The first-order chi connectivity index (χ1) is 14.9. The normalized spacial score (nSPS) is 14.1. The van der Waals surface area contributed by atoms with E-state index in [-0.39, 0.29) is 6.54 Å². The van der Waals surface area contributed by atoms with E-state index >= 15 is 0 Å². The molecule has 2 aromatic carbocycles. The molecule has 2 aromatic rings. The van der Waals surface area contributed by atoms with Crippen molar-refractivity contribution in [1.29, 1.82) is 0 Å². The van der Waals surface area contributed by atoms with E-state index in [1.807, 2.05) is 12.1 Å². The number of rotatable bonds is 9. The lowest BCUT2D eigenvalue weighted by molar-refractivity contribution is -0.118. The summed E-state index contributed by atoms with van der Waals surface area (Å²) < 4.78 is 37.7. The van der Waals surface area contributed by atoms with Crippen molar-refractivity contribution in [3.05, 3.63) is 48.0 Å². The molecule has 1 fully saturated rings. The fourth-order valence-electron chi connectivity index (χ4n) is 3.52. The SMILES string of the molecule is COc1ccc(CNC(=O)CS(=O)(=O)Nc2ccc(N3CCCCC3)cc2)c(OC)c1. The molecule has 0 unspecified atom stereocenters. The number of anilines is 2. The highest BCUT2D eigenvalue weighted by Gasteiger charge is 2.18. The molecule has 0 aromatic heterocycles. The molecule has 9 heteroatoms. The van der Waals surface area contributed by atoms with Crippen LogP contribution >= 0.6 is 0 Å². The van der Waals surface area contributed by atoms with Crippen LogP contribution in [0.3, 0.4) is 0 Å². The number of nitrogens with one attached hydrogen (secondary N) is 2. The van der Waals surface area contributed by atoms with Crippen LogP contribution in [0.5, 0.6) is 11.5 Å². The van der Waals surface area contributed by atoms with Gasteiger partial charge in [-0.15, -0.1) is 0 Å². The molecule has 0 bridgehead atoms. The van der Waals surface area contributed by atoms with E-state index in [0.29, 0.717) is 17.2 Å². The molecule has 8 nitrogen and oxygen atoms in total. The van der Waals surface area contributed by atoms with Crippen molar-refractivity contribution < 1.29 is 22.7 Å². The molecule has 0 aliphatic carbocycles. The summed E-state index contributed by atoms with van der Waals surface area (Å²) in [7, 11) is -0.759. The van der Waals surface area contributed by atoms with Crippen molar-refractivity contribution in [3.8, 4) is 11.5 Å². The summed E-state index contributed by atoms with van der Waals surface area (Å²) in [5, 5.41) is 2.62. The van der Waals surface area contributed by atoms with Crippen molar-refractivity contribution in [3.63, 3.8) is 0 Å². The van der Waals surface area contributed by atoms with Gasteiger partial charge in [-0.3, -0.25) is 9.52 Å². The molecule has 1 saturated heterocycles. The molecule has 0 radical (unpaired) electrons. The van der Waals surface area contributed by atoms with Gasteiger partial charge >= 0.3 is 0 Å². The Hall–Kier alpha value is -2.94. The first-order valence-electron chi connectivity index (χ1n) is 10.2. The predicted octanol–water partition coefficient (Wildman–Crippen LogP) is 2.75. The van der Waals surface area contributed by atoms with Crippen LogP contribution in [0.4, 0.5) is 11.4 Å². The van der Waals surface area contributed by atoms with Gasteiger partial charge in [0.2, 0.25) is 15.9 Å². The van der Waals surface area contributed by atoms with E-state index in [2.05, 4.69) is 14.9 Å². The molecule has 0 atom stereocenters. The summed E-state index contributed by atoms with van der Waals surface area (Å²) in [6.45, 7) is 2.18. The Morgan fingerprint density at radius 3 is 2.35 bits per heavy atom. The summed E-state index contributed by atoms with van der Waals surface area (Å²) >= 11 is 0. The number of hydrogen-bond donors (Lipinski definition) is 2. The number of benzene rings is 2. The summed E-state index contributed by atoms with van der Waals surface area (Å²) in [6.07, 6.45) is 3.60. The van der Waals surface area contributed by atoms with E-state index < -0.39 is 21.7 Å². The number of methoxy groups -OCH3 is 2. The Labute approximate surface area is 183 Å². The highest BCUT2D eigenvalue weighted by Crippen LogP contribution is 2.24. The molecule has 1 aliphatic rings. The van der Waals surface area contributed by atoms with E-state index in [1.165, 1.54) is 26.4 Å². The van der Waals surface area contributed by atoms with Crippen LogP contribution < -0.4 is 24.4 Å². The molecule has 168 valence electrons. The lowest BCUT2D eigenvalue weighted by Crippen LogP contribution is -2.32. The predicted molar refractivity (Wildman–Crippen MR) is 121 cm³/mol. The minimum atomic E-state index is -3.83. The second-order valence-corrected chi connectivity index (χ2v) is 9.13. The van der Waals surface area contributed by atoms with E-state index in [4.69, 9.17) is 9.47 Å². The van der Waals surface area contributed by atoms with Crippen LogP contribution in [0.15, 0.2) is 42.5 Å². The number of piperidine rings is 1. The number of sulfonamides is 1. The molecule has 0 saturated carbocycles. The zero-order valence-corrected chi connectivity index (χ0v) is 18.7. The second kappa shape index (κ2) is 10.4. The number of carbonyl (C=O) groups excluding carboxylic acids is 1. The molecule has 2 N–H and O–H groups in total. The summed E-state index contributed by atoms with van der Waals surface area (Å²) in [4.78, 5) is 14.5. The second-order valence-electron chi connectivity index (χ2n) is 7.41. The third kappa shape index (κ3) is 6.52. The van der Waals surface area contributed by atoms with Crippen LogP contribution in [0.1, 0.15) is 24.8 Å². The Morgan fingerprint density at radius 1 is 1.00 bits per heavy atom. The summed E-state index contributed by atoms with van der Waals surface area (Å²) in [6, 6.07) is 12.5. The Bertz CT molecular complexity index is 987. The molecular formula is C22H29N3O5S. The highest BCUT2D eigenvalue weighted by molar-refractivity contribution is 7.93. The average molecular weight is 448 g/mol. The topological polar surface area (TPSA) is 97.0 Å². The lowest BCUT2D eigenvalue weighted by atomic mass is 10.1. The van der Waals surface area contributed by atoms with Crippen LogP contribution in [0, 0.1) is 0 Å². The zero-order valence-electron chi connectivity index (χ0n) is 17.9. The Balaban J connectivity index is 1.53. The first-order valence-corrected chi connectivity index (χ1v) is 11.9. The lowest BCUT2D eigenvalue weighted by Gasteiger charge is -2.28. The maximum absolute atomic E-state index is 12.4. The van der Waals surface area contributed by atoms with E-state index in [1.54, 1.807) is 37.4 Å². The Morgan fingerprint density at radius 2 is 1.71 bits per heavy atom. The molecule has 1 heterocycles. The van der Waals surface area contributed by atoms with Gasteiger partial charge in [-0.2, -0.15) is 0 Å². The van der Waals surface area contributed by atoms with Gasteiger partial charge in [0.25, 0.3) is 0 Å². The van der Waals surface area contributed by atoms with Crippen LogP contribution in [-0.4, -0.2) is 47.4 Å². The van der Waals surface area contributed by atoms with Crippen molar-refractivity contribution in [1.82, 2.24) is 5.32 Å². The van der Waals surface area contributed by atoms with Crippen molar-refractivity contribution in [2.75, 3.05) is 42.7 Å². The minimum Gasteiger partial charge on any atom is -0.497 e. The Kier molecular flexibility index (Phi) is 7.62. The molecular weight excluding hydrogens is 418 g/mol. The zero-order chi connectivity index (χ0) is 22.3. The fraction of sp³-hybridized carbons (Fsp3) is 0.409. The average Bonchev–Trinajstić information content (AvgIpc) is 2.78. The number of ether oxygens (including phenoxy) is 2. The third-order valence-electron chi connectivity index (χ3n) is 5.15. The number of hydrogen-bond acceptors (Lipinski definition) is 6. The van der Waals surface area contributed by atoms with E-state index in [0.717, 1.165) is 24.3 Å². The minimum absolute atomic E-state index is 0.145. The maximum Gasteiger partial charge on any atom is 0.241 e. The van der Waals surface area contributed by atoms with Gasteiger partial charge in [-0.1, -0.05) is 0 Å². The number of nitrogens with zero attached hydrogens (tertiary/aromatic N) is 1. The number of carbonyl (C=O) groups is 1. The van der Waals surface area contributed by atoms with Crippen molar-refractivity contribution in [2.24, 2.45) is 0 Å². The first kappa shape index (κ1) is 22.7. The largest absolute Gasteiger partial charge is 0.497 e. The molecule has 1 amide bonds. The van der Waals surface area contributed by atoms with E-state index in [9.17, 15) is 13.2 Å². The van der Waals surface area contributed by atoms with Crippen LogP contribution in [-0.2, 0) is 21.4 Å². The van der Waals surface area contributed by atoms with Gasteiger partial charge in [-0.25, -0.2) is 8.42 Å². The highest BCUT2D eigenvalue weighted by atomic mass is 32.2. The quantitative estimate of drug-likeness (QED) is 0.614. The monoisotopic (exact) mass is 447 g/mol. The molecule has 31 heavy (non-hydrogen) atoms. The molecule has 3 rings (SSSR count). The van der Waals surface area contributed by atoms with Gasteiger partial charge < -0.3 is 19.7 Å². The van der Waals surface area contributed by atoms with Gasteiger partial charge in [0, 0.05) is 42.6 Å². The molecule has 1 aliphatic heterocycles.